The molecule has 0 aliphatic rings. The molecule has 22 heavy (non-hydrogen) atoms. The van der Waals surface area contributed by atoms with E-state index in [1.807, 2.05) is 30.4 Å². The molecule has 3 aromatic rings. The van der Waals surface area contributed by atoms with Gasteiger partial charge in [-0.1, -0.05) is 35.6 Å². The fourth-order valence-corrected chi connectivity index (χ4v) is 3.64. The van der Waals surface area contributed by atoms with E-state index in [1.54, 1.807) is 0 Å². The number of para-hydroxylation sites is 1. The molecular weight excluding hydrogens is 290 g/mol. The molecule has 0 aliphatic heterocycles. The summed E-state index contributed by atoms with van der Waals surface area (Å²) in [5, 5.41) is 1.28. The van der Waals surface area contributed by atoms with Gasteiger partial charge in [-0.15, -0.1) is 0 Å². The van der Waals surface area contributed by atoms with Crippen molar-refractivity contribution in [2.45, 2.75) is 20.4 Å². The van der Waals surface area contributed by atoms with Gasteiger partial charge in [0.1, 0.15) is 17.0 Å². The minimum atomic E-state index is 0.702. The maximum absolute atomic E-state index is 5.47. The number of ether oxygens (including phenoxy) is 1. The molecule has 0 aliphatic carbocycles. The number of hydrogen-bond acceptors (Lipinski definition) is 2. The number of nitrogens with zero attached hydrogens (tertiary/aromatic N) is 1. The molecule has 0 saturated heterocycles. The van der Waals surface area contributed by atoms with Crippen molar-refractivity contribution < 1.29 is 9.30 Å². The normalized spacial score (nSPS) is 11.4. The molecule has 0 amide bonds. The molecule has 0 radical (unpaired) electrons. The van der Waals surface area contributed by atoms with Crippen LogP contribution in [0.15, 0.2) is 48.5 Å². The second-order valence-electron chi connectivity index (χ2n) is 4.99. The molecular formula is C19H20NOS+. The lowest BCUT2D eigenvalue weighted by Gasteiger charge is -2.01. The molecule has 1 heterocycles. The Morgan fingerprint density at radius 3 is 2.50 bits per heavy atom. The second-order valence-corrected chi connectivity index (χ2v) is 6.05. The zero-order valence-electron chi connectivity index (χ0n) is 13.0. The van der Waals surface area contributed by atoms with Crippen LogP contribution in [0.5, 0.6) is 5.75 Å². The summed E-state index contributed by atoms with van der Waals surface area (Å²) in [6.45, 7) is 5.87. The molecule has 2 nitrogen and oxygen atoms in total. The molecule has 0 atom stereocenters. The standard InChI is InChI=1S/C19H20NOS/c1-3-20-17-7-5-6-8-18(17)22-19(20)14-11-15-9-12-16(13-10-15)21-4-2/h5-14H,3-4H2,1-2H3/q+1/b14-11+. The van der Waals surface area contributed by atoms with E-state index in [2.05, 4.69) is 60.0 Å². The van der Waals surface area contributed by atoms with E-state index in [0.29, 0.717) is 6.61 Å². The van der Waals surface area contributed by atoms with Crippen molar-refractivity contribution in [3.8, 4) is 5.75 Å². The monoisotopic (exact) mass is 310 g/mol. The minimum Gasteiger partial charge on any atom is -0.494 e. The molecule has 0 saturated carbocycles. The van der Waals surface area contributed by atoms with Crippen LogP contribution in [0.25, 0.3) is 22.4 Å². The summed E-state index contributed by atoms with van der Waals surface area (Å²) in [7, 11) is 0. The summed E-state index contributed by atoms with van der Waals surface area (Å²) >= 11 is 1.83. The Bertz CT molecular complexity index is 787. The summed E-state index contributed by atoms with van der Waals surface area (Å²) in [6.07, 6.45) is 4.36. The Morgan fingerprint density at radius 1 is 1.00 bits per heavy atom. The average Bonchev–Trinajstić information content (AvgIpc) is 2.92. The van der Waals surface area contributed by atoms with Gasteiger partial charge in [-0.05, 0) is 43.7 Å². The molecule has 112 valence electrons. The zero-order valence-corrected chi connectivity index (χ0v) is 13.8. The van der Waals surface area contributed by atoms with E-state index >= 15 is 0 Å². The van der Waals surface area contributed by atoms with Gasteiger partial charge in [-0.25, -0.2) is 0 Å². The van der Waals surface area contributed by atoms with Crippen LogP contribution in [0.3, 0.4) is 0 Å². The number of hydrogen-bond donors (Lipinski definition) is 0. The van der Waals surface area contributed by atoms with Crippen LogP contribution in [-0.4, -0.2) is 6.61 Å². The molecule has 0 spiro atoms. The highest BCUT2D eigenvalue weighted by Gasteiger charge is 2.15. The van der Waals surface area contributed by atoms with Crippen molar-refractivity contribution in [3.05, 3.63) is 59.1 Å². The SMILES string of the molecule is CCOc1ccc(/C=C/c2sc3ccccc3[n+]2CC)cc1. The Hall–Kier alpha value is -2.13. The van der Waals surface area contributed by atoms with Crippen LogP contribution in [0, 0.1) is 0 Å². The maximum atomic E-state index is 5.47. The predicted octanol–water partition coefficient (Wildman–Crippen LogP) is 4.78. The first-order valence-corrected chi connectivity index (χ1v) is 8.45. The molecule has 3 heteroatoms. The lowest BCUT2D eigenvalue weighted by Crippen LogP contribution is -2.33. The van der Waals surface area contributed by atoms with E-state index in [0.717, 1.165) is 12.3 Å². The Kier molecular flexibility index (Phi) is 4.54. The van der Waals surface area contributed by atoms with E-state index in [-0.39, 0.29) is 0 Å². The van der Waals surface area contributed by atoms with Gasteiger partial charge in [0.15, 0.2) is 0 Å². The zero-order chi connectivity index (χ0) is 15.4. The Morgan fingerprint density at radius 2 is 1.77 bits per heavy atom. The molecule has 0 bridgehead atoms. The van der Waals surface area contributed by atoms with Crippen LogP contribution in [-0.2, 0) is 6.54 Å². The number of fused-ring (bicyclic) bond motifs is 1. The smallest absolute Gasteiger partial charge is 0.262 e. The van der Waals surface area contributed by atoms with E-state index in [4.69, 9.17) is 4.74 Å². The third-order valence-corrected chi connectivity index (χ3v) is 4.69. The topological polar surface area (TPSA) is 13.1 Å². The average molecular weight is 310 g/mol. The number of benzene rings is 2. The van der Waals surface area contributed by atoms with Crippen LogP contribution in [0.4, 0.5) is 0 Å². The third-order valence-electron chi connectivity index (χ3n) is 3.56. The van der Waals surface area contributed by atoms with Crippen molar-refractivity contribution in [2.75, 3.05) is 6.61 Å². The fraction of sp³-hybridized carbons (Fsp3) is 0.211. The largest absolute Gasteiger partial charge is 0.494 e. The van der Waals surface area contributed by atoms with Gasteiger partial charge in [-0.2, -0.15) is 4.57 Å². The van der Waals surface area contributed by atoms with Crippen LogP contribution in [0.1, 0.15) is 24.4 Å². The fourth-order valence-electron chi connectivity index (χ4n) is 2.51. The van der Waals surface area contributed by atoms with Gasteiger partial charge < -0.3 is 4.74 Å². The van der Waals surface area contributed by atoms with E-state index in [9.17, 15) is 0 Å². The number of rotatable bonds is 5. The molecule has 1 aromatic heterocycles. The van der Waals surface area contributed by atoms with Crippen LogP contribution >= 0.6 is 11.3 Å². The lowest BCUT2D eigenvalue weighted by atomic mass is 10.2. The van der Waals surface area contributed by atoms with Gasteiger partial charge in [0, 0.05) is 12.1 Å². The van der Waals surface area contributed by atoms with Gasteiger partial charge >= 0.3 is 0 Å². The van der Waals surface area contributed by atoms with Gasteiger partial charge in [-0.3, -0.25) is 0 Å². The highest BCUT2D eigenvalue weighted by Crippen LogP contribution is 2.22. The highest BCUT2D eigenvalue weighted by molar-refractivity contribution is 7.18. The van der Waals surface area contributed by atoms with Crippen molar-refractivity contribution in [2.24, 2.45) is 0 Å². The van der Waals surface area contributed by atoms with Gasteiger partial charge in [0.25, 0.3) is 5.01 Å². The highest BCUT2D eigenvalue weighted by atomic mass is 32.1. The summed E-state index contributed by atoms with van der Waals surface area (Å²) in [5.74, 6) is 0.921. The van der Waals surface area contributed by atoms with Crippen LogP contribution < -0.4 is 9.30 Å². The van der Waals surface area contributed by atoms with Crippen molar-refractivity contribution in [1.29, 1.82) is 0 Å². The molecule has 3 rings (SSSR count). The van der Waals surface area contributed by atoms with Gasteiger partial charge in [0.05, 0.1) is 6.61 Å². The van der Waals surface area contributed by atoms with Crippen LogP contribution in [0.2, 0.25) is 0 Å². The number of aromatic nitrogens is 1. The summed E-state index contributed by atoms with van der Waals surface area (Å²) in [6, 6.07) is 16.8. The lowest BCUT2D eigenvalue weighted by molar-refractivity contribution is -0.665. The maximum Gasteiger partial charge on any atom is 0.262 e. The Balaban J connectivity index is 1.88. The Labute approximate surface area is 135 Å². The summed E-state index contributed by atoms with van der Waals surface area (Å²) in [5.41, 5.74) is 2.49. The first kappa shape index (κ1) is 14.8. The summed E-state index contributed by atoms with van der Waals surface area (Å²) < 4.78 is 9.16. The van der Waals surface area contributed by atoms with Gasteiger partial charge in [0.2, 0.25) is 5.52 Å². The first-order valence-electron chi connectivity index (χ1n) is 7.64. The van der Waals surface area contributed by atoms with Crippen molar-refractivity contribution in [1.82, 2.24) is 0 Å². The third kappa shape index (κ3) is 3.04. The van der Waals surface area contributed by atoms with E-state index in [1.165, 1.54) is 20.8 Å². The molecule has 0 unspecified atom stereocenters. The predicted molar refractivity (Wildman–Crippen MR) is 94.2 cm³/mol. The quantitative estimate of drug-likeness (QED) is 0.618. The second kappa shape index (κ2) is 6.75. The summed E-state index contributed by atoms with van der Waals surface area (Å²) in [4.78, 5) is 0. The van der Waals surface area contributed by atoms with Crippen molar-refractivity contribution >= 4 is 33.7 Å². The molecule has 0 fully saturated rings. The van der Waals surface area contributed by atoms with E-state index < -0.39 is 0 Å². The van der Waals surface area contributed by atoms with Crippen molar-refractivity contribution in [3.63, 3.8) is 0 Å². The number of thiazole rings is 1. The molecule has 2 aromatic carbocycles. The molecule has 0 N–H and O–H groups in total. The first-order chi connectivity index (χ1) is 10.8. The minimum absolute atomic E-state index is 0.702. The number of aryl methyl sites for hydroxylation is 1.